The van der Waals surface area contributed by atoms with E-state index < -0.39 is 18.1 Å². The van der Waals surface area contributed by atoms with Crippen LogP contribution in [0.1, 0.15) is 52.4 Å². The summed E-state index contributed by atoms with van der Waals surface area (Å²) in [6.45, 7) is 7.10. The predicted molar refractivity (Wildman–Crippen MR) is 104 cm³/mol. The molecule has 0 aromatic heterocycles. The Kier molecular flexibility index (Phi) is 7.07. The van der Waals surface area contributed by atoms with E-state index in [1.165, 1.54) is 13.2 Å². The topological polar surface area (TPSA) is 81.7 Å². The number of allylic oxidation sites excluding steroid dienone is 2. The number of amides is 1. The monoisotopic (exact) mass is 425 g/mol. The van der Waals surface area contributed by atoms with E-state index >= 15 is 0 Å². The van der Waals surface area contributed by atoms with Crippen LogP contribution in [0.3, 0.4) is 0 Å². The number of nitrogens with one attached hydrogen (secondary N) is 1. The third kappa shape index (κ3) is 4.90. The lowest BCUT2D eigenvalue weighted by atomic mass is 9.89. The van der Waals surface area contributed by atoms with Gasteiger partial charge in [-0.05, 0) is 43.4 Å². The lowest BCUT2D eigenvalue weighted by Gasteiger charge is -2.19. The Morgan fingerprint density at radius 1 is 1.30 bits per heavy atom. The largest absolute Gasteiger partial charge is 0.471 e. The summed E-state index contributed by atoms with van der Waals surface area (Å²) in [4.78, 5) is 35.2. The molecule has 162 valence electrons. The molecule has 0 unspecified atom stereocenters. The van der Waals surface area contributed by atoms with Gasteiger partial charge in [-0.25, -0.2) is 4.79 Å². The van der Waals surface area contributed by atoms with Gasteiger partial charge < -0.3 is 14.8 Å². The highest BCUT2D eigenvalue weighted by molar-refractivity contribution is 6.07. The van der Waals surface area contributed by atoms with E-state index in [1.807, 2.05) is 5.32 Å². The van der Waals surface area contributed by atoms with Crippen LogP contribution < -0.4 is 5.32 Å². The Morgan fingerprint density at radius 2 is 1.97 bits per heavy atom. The average molecular weight is 425 g/mol. The molecule has 0 fully saturated rings. The standard InChI is InChI=1S/C21H22F3NO5/c1-5-13-12(3)15-10-30-19(27)17(15)18(25-20(28)21(22,23)24)14(13)8-6-11(2)7-9-16(26)29-4/h5-6H,1,7-10H2,2-4H3,(H,25,28). The smallest absolute Gasteiger partial charge is 0.469 e. The van der Waals surface area contributed by atoms with Crippen LogP contribution in [0.2, 0.25) is 0 Å². The van der Waals surface area contributed by atoms with E-state index in [4.69, 9.17) is 4.74 Å². The number of anilines is 1. The van der Waals surface area contributed by atoms with E-state index in [1.54, 1.807) is 19.9 Å². The van der Waals surface area contributed by atoms with Crippen LogP contribution in [-0.4, -0.2) is 31.1 Å². The number of halogens is 3. The van der Waals surface area contributed by atoms with Crippen molar-refractivity contribution in [2.75, 3.05) is 12.4 Å². The predicted octanol–water partition coefficient (Wildman–Crippen LogP) is 4.25. The third-order valence-electron chi connectivity index (χ3n) is 4.89. The van der Waals surface area contributed by atoms with Crippen LogP contribution in [0, 0.1) is 6.92 Å². The fourth-order valence-corrected chi connectivity index (χ4v) is 3.22. The molecule has 0 radical (unpaired) electrons. The van der Waals surface area contributed by atoms with Crippen molar-refractivity contribution in [1.29, 1.82) is 0 Å². The summed E-state index contributed by atoms with van der Waals surface area (Å²) in [6.07, 6.45) is -1.27. The van der Waals surface area contributed by atoms with Crippen molar-refractivity contribution in [3.05, 3.63) is 46.0 Å². The Balaban J connectivity index is 2.54. The number of cyclic esters (lactones) is 1. The summed E-state index contributed by atoms with van der Waals surface area (Å²) in [7, 11) is 1.28. The summed E-state index contributed by atoms with van der Waals surface area (Å²) in [5, 5.41) is 1.85. The van der Waals surface area contributed by atoms with Gasteiger partial charge in [0.05, 0.1) is 18.4 Å². The van der Waals surface area contributed by atoms with Crippen molar-refractivity contribution in [2.24, 2.45) is 0 Å². The number of rotatable bonds is 7. The Labute approximate surface area is 171 Å². The second-order valence-corrected chi connectivity index (χ2v) is 6.81. The van der Waals surface area contributed by atoms with Crippen LogP contribution in [0.5, 0.6) is 0 Å². The van der Waals surface area contributed by atoms with Crippen molar-refractivity contribution in [3.8, 4) is 0 Å². The molecule has 1 aromatic rings. The zero-order valence-electron chi connectivity index (χ0n) is 16.9. The maximum Gasteiger partial charge on any atom is 0.471 e. The fourth-order valence-electron chi connectivity index (χ4n) is 3.22. The third-order valence-corrected chi connectivity index (χ3v) is 4.89. The molecule has 1 amide bonds. The van der Waals surface area contributed by atoms with E-state index in [0.29, 0.717) is 28.7 Å². The zero-order chi connectivity index (χ0) is 22.6. The molecule has 1 heterocycles. The molecule has 6 nitrogen and oxygen atoms in total. The number of hydrogen-bond acceptors (Lipinski definition) is 5. The second-order valence-electron chi connectivity index (χ2n) is 6.81. The summed E-state index contributed by atoms with van der Waals surface area (Å²) in [6, 6.07) is 0. The van der Waals surface area contributed by atoms with Crippen LogP contribution in [-0.2, 0) is 32.1 Å². The average Bonchev–Trinajstić information content (AvgIpc) is 3.07. The van der Waals surface area contributed by atoms with Gasteiger partial charge in [0, 0.05) is 12.0 Å². The minimum atomic E-state index is -5.13. The summed E-state index contributed by atoms with van der Waals surface area (Å²) in [5.41, 5.74) is 2.38. The number of benzene rings is 1. The number of alkyl halides is 3. The SMILES string of the molecule is C=Cc1c(C)c2c(c(NC(=O)C(F)(F)F)c1CC=C(C)CCC(=O)OC)C(=O)OC2. The van der Waals surface area contributed by atoms with Gasteiger partial charge in [0.25, 0.3) is 0 Å². The molecular formula is C21H22F3NO5. The molecule has 0 spiro atoms. The van der Waals surface area contributed by atoms with Gasteiger partial charge in [-0.3, -0.25) is 9.59 Å². The number of hydrogen-bond donors (Lipinski definition) is 1. The van der Waals surface area contributed by atoms with Gasteiger partial charge in [-0.15, -0.1) is 0 Å². The van der Waals surface area contributed by atoms with E-state index in [2.05, 4.69) is 11.3 Å². The first kappa shape index (κ1) is 23.2. The highest BCUT2D eigenvalue weighted by atomic mass is 19.4. The summed E-state index contributed by atoms with van der Waals surface area (Å²) < 4.78 is 48.3. The first-order valence-electron chi connectivity index (χ1n) is 9.09. The lowest BCUT2D eigenvalue weighted by Crippen LogP contribution is -2.31. The maximum absolute atomic E-state index is 12.9. The Hall–Kier alpha value is -3.10. The Bertz CT molecular complexity index is 932. The second kappa shape index (κ2) is 9.15. The van der Waals surface area contributed by atoms with Crippen molar-refractivity contribution in [3.63, 3.8) is 0 Å². The normalized spacial score (nSPS) is 13.5. The van der Waals surface area contributed by atoms with Crippen LogP contribution >= 0.6 is 0 Å². The minimum Gasteiger partial charge on any atom is -0.469 e. The molecule has 1 N–H and O–H groups in total. The van der Waals surface area contributed by atoms with Crippen molar-refractivity contribution in [2.45, 2.75) is 45.9 Å². The van der Waals surface area contributed by atoms with E-state index in [9.17, 15) is 27.6 Å². The highest BCUT2D eigenvalue weighted by Crippen LogP contribution is 2.38. The van der Waals surface area contributed by atoms with Crippen LogP contribution in [0.15, 0.2) is 18.2 Å². The molecule has 2 rings (SSSR count). The molecule has 30 heavy (non-hydrogen) atoms. The van der Waals surface area contributed by atoms with Gasteiger partial charge in [-0.1, -0.05) is 24.3 Å². The van der Waals surface area contributed by atoms with Gasteiger partial charge in [0.2, 0.25) is 0 Å². The Morgan fingerprint density at radius 3 is 2.53 bits per heavy atom. The maximum atomic E-state index is 12.9. The van der Waals surface area contributed by atoms with Crippen LogP contribution in [0.4, 0.5) is 18.9 Å². The lowest BCUT2D eigenvalue weighted by molar-refractivity contribution is -0.167. The van der Waals surface area contributed by atoms with E-state index in [-0.39, 0.29) is 36.7 Å². The number of carbonyl (C=O) groups excluding carboxylic acids is 3. The summed E-state index contributed by atoms with van der Waals surface area (Å²) in [5.74, 6) is -3.37. The first-order valence-corrected chi connectivity index (χ1v) is 9.09. The first-order chi connectivity index (χ1) is 14.0. The van der Waals surface area contributed by atoms with E-state index in [0.717, 1.165) is 5.57 Å². The van der Waals surface area contributed by atoms with Gasteiger partial charge in [0.15, 0.2) is 0 Å². The number of ether oxygens (including phenoxy) is 2. The number of esters is 2. The van der Waals surface area contributed by atoms with Gasteiger partial charge >= 0.3 is 24.0 Å². The number of fused-ring (bicyclic) bond motifs is 1. The van der Waals surface area contributed by atoms with Crippen molar-refractivity contribution < 1.29 is 37.0 Å². The molecule has 0 saturated heterocycles. The number of carbonyl (C=O) groups is 3. The quantitative estimate of drug-likeness (QED) is 0.522. The number of methoxy groups -OCH3 is 1. The molecule has 1 aliphatic heterocycles. The molecular weight excluding hydrogens is 403 g/mol. The highest BCUT2D eigenvalue weighted by Gasteiger charge is 2.41. The van der Waals surface area contributed by atoms with Crippen LogP contribution in [0.25, 0.3) is 6.08 Å². The molecule has 1 aliphatic rings. The molecule has 0 atom stereocenters. The molecule has 0 aliphatic carbocycles. The molecule has 1 aromatic carbocycles. The minimum absolute atomic E-state index is 0.0775. The zero-order valence-corrected chi connectivity index (χ0v) is 16.9. The van der Waals surface area contributed by atoms with Crippen molar-refractivity contribution in [1.82, 2.24) is 0 Å². The van der Waals surface area contributed by atoms with Gasteiger partial charge in [0.1, 0.15) is 6.61 Å². The fraction of sp³-hybridized carbons (Fsp3) is 0.381. The molecule has 0 bridgehead atoms. The van der Waals surface area contributed by atoms with Gasteiger partial charge in [-0.2, -0.15) is 13.2 Å². The van der Waals surface area contributed by atoms with Crippen molar-refractivity contribution >= 4 is 29.6 Å². The molecule has 9 heteroatoms. The summed E-state index contributed by atoms with van der Waals surface area (Å²) >= 11 is 0. The molecule has 0 saturated carbocycles.